The Morgan fingerprint density at radius 2 is 2.08 bits per heavy atom. The zero-order chi connectivity index (χ0) is 18.1. The van der Waals surface area contributed by atoms with Crippen LogP contribution in [-0.2, 0) is 11.2 Å². The lowest BCUT2D eigenvalue weighted by molar-refractivity contribution is -0.136. The van der Waals surface area contributed by atoms with Gasteiger partial charge in [0.2, 0.25) is 0 Å². The molecule has 2 aromatic heterocycles. The fourth-order valence-electron chi connectivity index (χ4n) is 3.79. The molecule has 3 aromatic rings. The van der Waals surface area contributed by atoms with E-state index in [4.69, 9.17) is 0 Å². The summed E-state index contributed by atoms with van der Waals surface area (Å²) in [6.45, 7) is 0.653. The number of H-pyrrole nitrogens is 1. The number of amides is 1. The molecule has 0 radical (unpaired) electrons. The van der Waals surface area contributed by atoms with E-state index >= 15 is 0 Å². The number of hydrogen-bond donors (Lipinski definition) is 2. The van der Waals surface area contributed by atoms with Gasteiger partial charge < -0.3 is 15.0 Å². The highest BCUT2D eigenvalue weighted by Crippen LogP contribution is 2.34. The first kappa shape index (κ1) is 16.3. The minimum atomic E-state index is -0.950. The predicted octanol–water partition coefficient (Wildman–Crippen LogP) is 3.17. The van der Waals surface area contributed by atoms with Crippen molar-refractivity contribution >= 4 is 22.8 Å². The fraction of sp³-hybridized carbons (Fsp3) is 0.250. The van der Waals surface area contributed by atoms with Crippen molar-refractivity contribution in [1.82, 2.24) is 14.9 Å². The van der Waals surface area contributed by atoms with Crippen LogP contribution in [0.2, 0.25) is 0 Å². The summed E-state index contributed by atoms with van der Waals surface area (Å²) < 4.78 is 0. The van der Waals surface area contributed by atoms with E-state index in [9.17, 15) is 14.7 Å². The summed E-state index contributed by atoms with van der Waals surface area (Å²) in [4.78, 5) is 33.8. The molecule has 4 rings (SSSR count). The van der Waals surface area contributed by atoms with Crippen LogP contribution in [0.25, 0.3) is 10.9 Å². The number of hydrogen-bond acceptors (Lipinski definition) is 3. The molecule has 1 fully saturated rings. The number of likely N-dealkylation sites (tertiary alicyclic amines) is 1. The molecule has 26 heavy (non-hydrogen) atoms. The first-order valence-corrected chi connectivity index (χ1v) is 8.67. The first-order chi connectivity index (χ1) is 12.6. The van der Waals surface area contributed by atoms with E-state index in [2.05, 4.69) is 9.97 Å². The number of para-hydroxylation sites is 1. The van der Waals surface area contributed by atoms with Gasteiger partial charge in [0.15, 0.2) is 0 Å². The Bertz CT molecular complexity index is 965. The summed E-state index contributed by atoms with van der Waals surface area (Å²) >= 11 is 0. The van der Waals surface area contributed by atoms with E-state index in [1.54, 1.807) is 12.4 Å². The fourth-order valence-corrected chi connectivity index (χ4v) is 3.79. The van der Waals surface area contributed by atoms with Crippen LogP contribution in [0.15, 0.2) is 48.8 Å². The van der Waals surface area contributed by atoms with Crippen molar-refractivity contribution in [3.63, 3.8) is 0 Å². The van der Waals surface area contributed by atoms with Crippen LogP contribution in [-0.4, -0.2) is 38.4 Å². The molecule has 1 amide bonds. The molecular formula is C20H19N3O3. The second-order valence-electron chi connectivity index (χ2n) is 6.54. The Morgan fingerprint density at radius 3 is 2.85 bits per heavy atom. The predicted molar refractivity (Wildman–Crippen MR) is 96.9 cm³/mol. The van der Waals surface area contributed by atoms with Crippen molar-refractivity contribution in [3.05, 3.63) is 65.6 Å². The normalized spacial score (nSPS) is 16.9. The summed E-state index contributed by atoms with van der Waals surface area (Å²) in [5, 5.41) is 10.1. The van der Waals surface area contributed by atoms with Gasteiger partial charge in [-0.25, -0.2) is 0 Å². The number of nitrogens with one attached hydrogen (secondary N) is 1. The average molecular weight is 349 g/mol. The van der Waals surface area contributed by atoms with E-state index < -0.39 is 5.97 Å². The number of nitrogens with zero attached hydrogens (tertiary/aromatic N) is 2. The van der Waals surface area contributed by atoms with Gasteiger partial charge in [-0.3, -0.25) is 14.6 Å². The third-order valence-corrected chi connectivity index (χ3v) is 4.94. The Morgan fingerprint density at radius 1 is 1.23 bits per heavy atom. The lowest BCUT2D eigenvalue weighted by Gasteiger charge is -2.25. The molecule has 2 N–H and O–H groups in total. The molecule has 1 aromatic carbocycles. The number of carbonyl (C=O) groups excluding carboxylic acids is 1. The molecule has 0 aliphatic carbocycles. The second-order valence-corrected chi connectivity index (χ2v) is 6.54. The molecule has 1 unspecified atom stereocenters. The average Bonchev–Trinajstić information content (AvgIpc) is 3.27. The molecule has 132 valence electrons. The number of carboxylic acid groups (broad SMARTS) is 1. The Hall–Kier alpha value is -3.15. The maximum absolute atomic E-state index is 13.3. The smallest absolute Gasteiger partial charge is 0.307 e. The minimum Gasteiger partial charge on any atom is -0.481 e. The lowest BCUT2D eigenvalue weighted by Crippen LogP contribution is -2.31. The van der Waals surface area contributed by atoms with Crippen LogP contribution in [0.5, 0.6) is 0 Å². The van der Waals surface area contributed by atoms with Gasteiger partial charge in [-0.15, -0.1) is 0 Å². The van der Waals surface area contributed by atoms with E-state index in [1.165, 1.54) is 0 Å². The Balaban J connectivity index is 1.75. The van der Waals surface area contributed by atoms with Crippen molar-refractivity contribution in [1.29, 1.82) is 0 Å². The first-order valence-electron chi connectivity index (χ1n) is 8.67. The number of fused-ring (bicyclic) bond motifs is 1. The van der Waals surface area contributed by atoms with Gasteiger partial charge in [-0.2, -0.15) is 0 Å². The molecule has 1 atom stereocenters. The Labute approximate surface area is 150 Å². The van der Waals surface area contributed by atoms with E-state index in [1.807, 2.05) is 41.3 Å². The monoisotopic (exact) mass is 349 g/mol. The van der Waals surface area contributed by atoms with Gasteiger partial charge >= 0.3 is 5.97 Å². The van der Waals surface area contributed by atoms with Gasteiger partial charge in [0.25, 0.3) is 5.91 Å². The third kappa shape index (κ3) is 2.83. The van der Waals surface area contributed by atoms with Gasteiger partial charge in [-0.05, 0) is 30.5 Å². The van der Waals surface area contributed by atoms with Gasteiger partial charge in [0.05, 0.1) is 12.5 Å². The van der Waals surface area contributed by atoms with Crippen molar-refractivity contribution in [2.24, 2.45) is 0 Å². The molecule has 0 spiro atoms. The number of aliphatic carboxylic acids is 1. The minimum absolute atomic E-state index is 0.0275. The van der Waals surface area contributed by atoms with Crippen LogP contribution >= 0.6 is 0 Å². The van der Waals surface area contributed by atoms with Crippen molar-refractivity contribution in [2.45, 2.75) is 25.3 Å². The number of aromatic amines is 1. The molecule has 1 aliphatic heterocycles. The summed E-state index contributed by atoms with van der Waals surface area (Å²) in [5.74, 6) is -1.10. The highest BCUT2D eigenvalue weighted by molar-refractivity contribution is 6.02. The molecule has 1 saturated heterocycles. The number of carboxylic acids is 1. The van der Waals surface area contributed by atoms with Crippen LogP contribution in [0.1, 0.15) is 40.5 Å². The van der Waals surface area contributed by atoms with Crippen LogP contribution in [0.4, 0.5) is 0 Å². The second kappa shape index (κ2) is 6.63. The summed E-state index contributed by atoms with van der Waals surface area (Å²) in [6.07, 6.45) is 5.12. The van der Waals surface area contributed by atoms with E-state index in [0.717, 1.165) is 29.3 Å². The highest BCUT2D eigenvalue weighted by atomic mass is 16.4. The highest BCUT2D eigenvalue weighted by Gasteiger charge is 2.33. The quantitative estimate of drug-likeness (QED) is 0.757. The molecule has 1 aliphatic rings. The number of pyridine rings is 1. The summed E-state index contributed by atoms with van der Waals surface area (Å²) in [7, 11) is 0. The topological polar surface area (TPSA) is 86.3 Å². The van der Waals surface area contributed by atoms with Crippen LogP contribution in [0.3, 0.4) is 0 Å². The summed E-state index contributed by atoms with van der Waals surface area (Å²) in [6, 6.07) is 11.3. The number of rotatable bonds is 4. The van der Waals surface area contributed by atoms with Crippen molar-refractivity contribution < 1.29 is 14.7 Å². The summed E-state index contributed by atoms with van der Waals surface area (Å²) in [5.41, 5.74) is 2.72. The zero-order valence-electron chi connectivity index (χ0n) is 14.2. The van der Waals surface area contributed by atoms with Crippen LogP contribution in [0, 0.1) is 0 Å². The molecule has 3 heterocycles. The third-order valence-electron chi connectivity index (χ3n) is 4.94. The number of benzene rings is 1. The zero-order valence-corrected chi connectivity index (χ0v) is 14.2. The maximum Gasteiger partial charge on any atom is 0.307 e. The molecule has 6 nitrogen and oxygen atoms in total. The van der Waals surface area contributed by atoms with Gasteiger partial charge in [0.1, 0.15) is 5.69 Å². The largest absolute Gasteiger partial charge is 0.481 e. The standard InChI is InChI=1S/C20H19N3O3/c24-18(25)11-15-14-6-1-2-7-16(14)22-19(15)20(26)23-10-4-8-17(23)13-5-3-9-21-12-13/h1-3,5-7,9,12,17,22H,4,8,10-11H2,(H,24,25). The molecule has 6 heteroatoms. The van der Waals surface area contributed by atoms with E-state index in [-0.39, 0.29) is 18.4 Å². The van der Waals surface area contributed by atoms with Crippen molar-refractivity contribution in [3.8, 4) is 0 Å². The molecular weight excluding hydrogens is 330 g/mol. The van der Waals surface area contributed by atoms with Crippen molar-refractivity contribution in [2.75, 3.05) is 6.54 Å². The molecule has 0 bridgehead atoms. The van der Waals surface area contributed by atoms with Crippen LogP contribution < -0.4 is 0 Å². The Kier molecular flexibility index (Phi) is 4.16. The van der Waals surface area contributed by atoms with Gasteiger partial charge in [-0.1, -0.05) is 24.3 Å². The SMILES string of the molecule is O=C(O)Cc1c(C(=O)N2CCCC2c2cccnc2)[nH]c2ccccc12. The van der Waals surface area contributed by atoms with E-state index in [0.29, 0.717) is 17.8 Å². The van der Waals surface area contributed by atoms with Gasteiger partial charge in [0, 0.05) is 35.4 Å². The lowest BCUT2D eigenvalue weighted by atomic mass is 10.0. The number of aromatic nitrogens is 2. The number of carbonyl (C=O) groups is 2. The molecule has 0 saturated carbocycles. The maximum atomic E-state index is 13.3.